The lowest BCUT2D eigenvalue weighted by Crippen LogP contribution is -2.51. The van der Waals surface area contributed by atoms with Gasteiger partial charge in [0.05, 0.1) is 12.2 Å². The fourth-order valence-electron chi connectivity index (χ4n) is 5.55. The van der Waals surface area contributed by atoms with Gasteiger partial charge in [-0.3, -0.25) is 9.59 Å². The minimum atomic E-state index is -0.404. The van der Waals surface area contributed by atoms with Gasteiger partial charge in [0.2, 0.25) is 5.91 Å². The van der Waals surface area contributed by atoms with Gasteiger partial charge in [0.15, 0.2) is 0 Å². The summed E-state index contributed by atoms with van der Waals surface area (Å²) < 4.78 is 5.15. The lowest BCUT2D eigenvalue weighted by atomic mass is 9.84. The summed E-state index contributed by atoms with van der Waals surface area (Å²) >= 11 is 0. The van der Waals surface area contributed by atoms with Crippen LogP contribution in [0.25, 0.3) is 0 Å². The molecule has 194 valence electrons. The van der Waals surface area contributed by atoms with Crippen LogP contribution in [0.15, 0.2) is 30.3 Å². The molecule has 1 aromatic carbocycles. The first-order chi connectivity index (χ1) is 17.3. The molecule has 0 unspecified atom stereocenters. The second kappa shape index (κ2) is 11.2. The van der Waals surface area contributed by atoms with Crippen molar-refractivity contribution >= 4 is 23.5 Å². The lowest BCUT2D eigenvalue weighted by Gasteiger charge is -2.40. The number of aryl methyl sites for hydroxylation is 1. The highest BCUT2D eigenvalue weighted by molar-refractivity contribution is 6.00. The van der Waals surface area contributed by atoms with Gasteiger partial charge in [0.25, 0.3) is 5.91 Å². The van der Waals surface area contributed by atoms with Crippen LogP contribution in [0.5, 0.6) is 0 Å². The number of ether oxygens (including phenoxy) is 1. The highest BCUT2D eigenvalue weighted by Crippen LogP contribution is 2.29. The largest absolute Gasteiger partial charge is 0.462 e. The van der Waals surface area contributed by atoms with Crippen LogP contribution in [-0.2, 0) is 9.53 Å². The molecule has 2 fully saturated rings. The number of carbonyl (C=O) groups excluding carboxylic acids is 3. The number of aromatic amines is 1. The van der Waals surface area contributed by atoms with Crippen molar-refractivity contribution in [1.82, 2.24) is 14.8 Å². The number of amides is 2. The summed E-state index contributed by atoms with van der Waals surface area (Å²) in [4.78, 5) is 48.1. The summed E-state index contributed by atoms with van der Waals surface area (Å²) in [6.07, 6.45) is 1.60. The Bertz CT molecular complexity index is 1080. The molecule has 2 aliphatic rings. The highest BCUT2D eigenvalue weighted by Gasteiger charge is 2.34. The standard InChI is InChI=1S/C28H38N4O4/c1-5-36-28(35)24-20(3)25(29-21(24)4)27(34)31-13-11-22(12-14-31)19(2)26(33)32-17-15-30(16-18-32)23-9-7-6-8-10-23/h6-10,19,22,29H,5,11-18H2,1-4H3/t19-/m0/s1. The van der Waals surface area contributed by atoms with Gasteiger partial charge in [-0.15, -0.1) is 0 Å². The molecule has 0 spiro atoms. The monoisotopic (exact) mass is 494 g/mol. The number of hydrogen-bond acceptors (Lipinski definition) is 5. The van der Waals surface area contributed by atoms with Crippen molar-refractivity contribution in [2.75, 3.05) is 50.8 Å². The molecule has 8 heteroatoms. The third-order valence-corrected chi connectivity index (χ3v) is 7.77. The van der Waals surface area contributed by atoms with Gasteiger partial charge in [-0.05, 0) is 57.2 Å². The molecule has 8 nitrogen and oxygen atoms in total. The van der Waals surface area contributed by atoms with E-state index in [1.807, 2.05) is 34.9 Å². The zero-order chi connectivity index (χ0) is 25.8. The first-order valence-electron chi connectivity index (χ1n) is 13.1. The smallest absolute Gasteiger partial charge is 0.340 e. The number of nitrogens with one attached hydrogen (secondary N) is 1. The Hall–Kier alpha value is -3.29. The maximum absolute atomic E-state index is 13.3. The molecule has 1 aromatic heterocycles. The van der Waals surface area contributed by atoms with Crippen molar-refractivity contribution in [3.8, 4) is 0 Å². The van der Waals surface area contributed by atoms with E-state index in [1.54, 1.807) is 20.8 Å². The Labute approximate surface area is 213 Å². The molecular formula is C28H38N4O4. The van der Waals surface area contributed by atoms with Crippen molar-refractivity contribution in [3.05, 3.63) is 52.8 Å². The molecule has 2 saturated heterocycles. The predicted octanol–water partition coefficient (Wildman–Crippen LogP) is 3.65. The van der Waals surface area contributed by atoms with Crippen LogP contribution < -0.4 is 4.90 Å². The molecule has 1 atom stereocenters. The third-order valence-electron chi connectivity index (χ3n) is 7.77. The second-order valence-electron chi connectivity index (χ2n) is 9.91. The maximum atomic E-state index is 13.3. The van der Waals surface area contributed by atoms with Gasteiger partial charge in [-0.2, -0.15) is 0 Å². The number of likely N-dealkylation sites (tertiary alicyclic amines) is 1. The first kappa shape index (κ1) is 25.8. The van der Waals surface area contributed by atoms with E-state index in [9.17, 15) is 14.4 Å². The zero-order valence-electron chi connectivity index (χ0n) is 21.9. The first-order valence-corrected chi connectivity index (χ1v) is 13.1. The van der Waals surface area contributed by atoms with Crippen molar-refractivity contribution in [2.24, 2.45) is 11.8 Å². The van der Waals surface area contributed by atoms with Gasteiger partial charge in [-0.25, -0.2) is 4.79 Å². The molecule has 4 rings (SSSR count). The van der Waals surface area contributed by atoms with Crippen LogP contribution in [0.2, 0.25) is 0 Å². The second-order valence-corrected chi connectivity index (χ2v) is 9.91. The number of carbonyl (C=O) groups is 3. The molecule has 2 amide bonds. The maximum Gasteiger partial charge on any atom is 0.340 e. The minimum Gasteiger partial charge on any atom is -0.462 e. The number of rotatable bonds is 6. The molecule has 2 aromatic rings. The van der Waals surface area contributed by atoms with E-state index in [4.69, 9.17) is 4.74 Å². The Morgan fingerprint density at radius 3 is 2.22 bits per heavy atom. The Kier molecular flexibility index (Phi) is 8.01. The lowest BCUT2D eigenvalue weighted by molar-refractivity contribution is -0.137. The van der Waals surface area contributed by atoms with E-state index in [-0.39, 0.29) is 23.7 Å². The van der Waals surface area contributed by atoms with Gasteiger partial charge >= 0.3 is 5.97 Å². The van der Waals surface area contributed by atoms with Gasteiger partial charge in [0.1, 0.15) is 5.69 Å². The van der Waals surface area contributed by atoms with Crippen LogP contribution in [0, 0.1) is 25.7 Å². The van der Waals surface area contributed by atoms with Crippen molar-refractivity contribution in [1.29, 1.82) is 0 Å². The fourth-order valence-corrected chi connectivity index (χ4v) is 5.55. The number of piperidine rings is 1. The number of anilines is 1. The Balaban J connectivity index is 1.30. The number of esters is 1. The molecule has 3 heterocycles. The third kappa shape index (κ3) is 5.27. The summed E-state index contributed by atoms with van der Waals surface area (Å²) in [5, 5.41) is 0. The summed E-state index contributed by atoms with van der Waals surface area (Å²) in [6.45, 7) is 12.1. The van der Waals surface area contributed by atoms with E-state index in [0.717, 1.165) is 39.0 Å². The summed E-state index contributed by atoms with van der Waals surface area (Å²) in [5.74, 6) is -0.0767. The summed E-state index contributed by atoms with van der Waals surface area (Å²) in [6, 6.07) is 10.3. The molecule has 0 aliphatic carbocycles. The number of hydrogen-bond donors (Lipinski definition) is 1. The number of piperazine rings is 1. The summed E-state index contributed by atoms with van der Waals surface area (Å²) in [7, 11) is 0. The van der Waals surface area contributed by atoms with E-state index in [1.165, 1.54) is 5.69 Å². The number of nitrogens with zero attached hydrogens (tertiary/aromatic N) is 3. The average molecular weight is 495 g/mol. The number of aromatic nitrogens is 1. The van der Waals surface area contributed by atoms with Crippen molar-refractivity contribution < 1.29 is 19.1 Å². The average Bonchev–Trinajstić information content (AvgIpc) is 3.21. The van der Waals surface area contributed by atoms with Crippen LogP contribution in [0.4, 0.5) is 5.69 Å². The van der Waals surface area contributed by atoms with Gasteiger partial charge in [-0.1, -0.05) is 25.1 Å². The van der Waals surface area contributed by atoms with Crippen LogP contribution in [0.1, 0.15) is 58.8 Å². The number of benzene rings is 1. The fraction of sp³-hybridized carbons (Fsp3) is 0.536. The predicted molar refractivity (Wildman–Crippen MR) is 139 cm³/mol. The SMILES string of the molecule is CCOC(=O)c1c(C)[nH]c(C(=O)N2CCC([C@H](C)C(=O)N3CCN(c4ccccc4)CC3)CC2)c1C. The molecule has 2 aliphatic heterocycles. The van der Waals surface area contributed by atoms with E-state index >= 15 is 0 Å². The van der Waals surface area contributed by atoms with Crippen molar-refractivity contribution in [2.45, 2.75) is 40.5 Å². The van der Waals surface area contributed by atoms with Crippen LogP contribution in [0.3, 0.4) is 0 Å². The molecule has 36 heavy (non-hydrogen) atoms. The topological polar surface area (TPSA) is 85.9 Å². The zero-order valence-corrected chi connectivity index (χ0v) is 21.9. The Morgan fingerprint density at radius 2 is 1.61 bits per heavy atom. The Morgan fingerprint density at radius 1 is 0.972 bits per heavy atom. The molecular weight excluding hydrogens is 456 g/mol. The van der Waals surface area contributed by atoms with Gasteiger partial charge in [0, 0.05) is 56.6 Å². The molecule has 1 N–H and O–H groups in total. The summed E-state index contributed by atoms with van der Waals surface area (Å²) in [5.41, 5.74) is 3.39. The number of para-hydroxylation sites is 1. The molecule has 0 radical (unpaired) electrons. The molecule has 0 bridgehead atoms. The highest BCUT2D eigenvalue weighted by atomic mass is 16.5. The van der Waals surface area contributed by atoms with E-state index in [2.05, 4.69) is 22.0 Å². The van der Waals surface area contributed by atoms with E-state index in [0.29, 0.717) is 42.2 Å². The van der Waals surface area contributed by atoms with Gasteiger partial charge < -0.3 is 24.4 Å². The minimum absolute atomic E-state index is 0.0598. The normalized spacial score (nSPS) is 17.7. The van der Waals surface area contributed by atoms with Crippen molar-refractivity contribution in [3.63, 3.8) is 0 Å². The van der Waals surface area contributed by atoms with Crippen LogP contribution in [-0.4, -0.2) is 78.4 Å². The molecule has 0 saturated carbocycles. The van der Waals surface area contributed by atoms with Crippen LogP contribution >= 0.6 is 0 Å². The van der Waals surface area contributed by atoms with E-state index < -0.39 is 5.97 Å². The number of H-pyrrole nitrogens is 1. The quantitative estimate of drug-likeness (QED) is 0.620.